The van der Waals surface area contributed by atoms with E-state index < -0.39 is 17.6 Å². The number of allylic oxidation sites excluding steroid dienone is 1. The van der Waals surface area contributed by atoms with E-state index >= 15 is 0 Å². The summed E-state index contributed by atoms with van der Waals surface area (Å²) in [4.78, 5) is 32.0. The minimum atomic E-state index is -0.943. The number of methoxy groups -OCH3 is 2. The Kier molecular flexibility index (Phi) is 8.93. The van der Waals surface area contributed by atoms with Crippen LogP contribution in [0.3, 0.4) is 0 Å². The summed E-state index contributed by atoms with van der Waals surface area (Å²) in [6.07, 6.45) is 6.99. The highest BCUT2D eigenvalue weighted by Gasteiger charge is 2.34. The lowest BCUT2D eigenvalue weighted by molar-refractivity contribution is -0.139. The first kappa shape index (κ1) is 29.3. The highest BCUT2D eigenvalue weighted by Crippen LogP contribution is 2.40. The third-order valence-electron chi connectivity index (χ3n) is 5.98. The summed E-state index contributed by atoms with van der Waals surface area (Å²) in [5.41, 5.74) is 1.23. The molecule has 208 valence electrons. The molecule has 2 aromatic carbocycles. The number of hydrogen-bond acceptors (Lipinski definition) is 9. The summed E-state index contributed by atoms with van der Waals surface area (Å²) in [5, 5.41) is 10.3. The Morgan fingerprint density at radius 2 is 1.98 bits per heavy atom. The SMILES string of the molecule is C#CCOc1cc(Br)c(C=c2sc3n(c2=O)[C@H](c2cc(Cl)c(O)c(OC)c2)C(C(=O)OCC)=C(C)N=3)cc1OC. The van der Waals surface area contributed by atoms with Crippen molar-refractivity contribution in [3.8, 4) is 35.3 Å². The van der Waals surface area contributed by atoms with Gasteiger partial charge in [0.1, 0.15) is 6.61 Å². The monoisotopic (exact) mass is 646 g/mol. The van der Waals surface area contributed by atoms with Gasteiger partial charge in [-0.25, -0.2) is 9.79 Å². The number of carbonyl (C=O) groups excluding carboxylic acids is 1. The summed E-state index contributed by atoms with van der Waals surface area (Å²) in [5.74, 6) is 2.49. The van der Waals surface area contributed by atoms with Crippen molar-refractivity contribution in [1.29, 1.82) is 0 Å². The average Bonchev–Trinajstić information content (AvgIpc) is 3.23. The van der Waals surface area contributed by atoms with Crippen LogP contribution < -0.4 is 29.1 Å². The largest absolute Gasteiger partial charge is 0.503 e. The van der Waals surface area contributed by atoms with Gasteiger partial charge in [0.05, 0.1) is 47.7 Å². The summed E-state index contributed by atoms with van der Waals surface area (Å²) >= 11 is 11.0. The normalized spacial score (nSPS) is 14.7. The van der Waals surface area contributed by atoms with Crippen molar-refractivity contribution in [2.45, 2.75) is 19.9 Å². The summed E-state index contributed by atoms with van der Waals surface area (Å²) in [6.45, 7) is 3.55. The summed E-state index contributed by atoms with van der Waals surface area (Å²) in [6, 6.07) is 5.48. The van der Waals surface area contributed by atoms with Gasteiger partial charge < -0.3 is 24.1 Å². The number of rotatable bonds is 8. The molecule has 0 saturated heterocycles. The molecule has 4 rings (SSSR count). The van der Waals surface area contributed by atoms with Crippen LogP contribution in [0.1, 0.15) is 31.0 Å². The van der Waals surface area contributed by atoms with Crippen LogP contribution in [0.4, 0.5) is 0 Å². The third-order valence-corrected chi connectivity index (χ3v) is 7.94. The zero-order valence-electron chi connectivity index (χ0n) is 21.9. The number of ether oxygens (including phenoxy) is 4. The minimum Gasteiger partial charge on any atom is -0.503 e. The van der Waals surface area contributed by atoms with Gasteiger partial charge in [0.15, 0.2) is 27.8 Å². The lowest BCUT2D eigenvalue weighted by Crippen LogP contribution is -2.40. The fourth-order valence-electron chi connectivity index (χ4n) is 4.21. The number of phenols is 1. The van der Waals surface area contributed by atoms with E-state index in [4.69, 9.17) is 37.0 Å². The van der Waals surface area contributed by atoms with Crippen LogP contribution in [-0.2, 0) is 9.53 Å². The Bertz CT molecular complexity index is 1750. The zero-order chi connectivity index (χ0) is 29.1. The molecule has 3 aromatic rings. The fraction of sp³-hybridized carbons (Fsp3) is 0.250. The molecular weight excluding hydrogens is 624 g/mol. The van der Waals surface area contributed by atoms with E-state index in [0.717, 1.165) is 11.3 Å². The van der Waals surface area contributed by atoms with E-state index in [9.17, 15) is 14.7 Å². The molecule has 2 heterocycles. The Hall–Kier alpha value is -3.72. The highest BCUT2D eigenvalue weighted by molar-refractivity contribution is 9.10. The van der Waals surface area contributed by atoms with E-state index in [0.29, 0.717) is 42.1 Å². The summed E-state index contributed by atoms with van der Waals surface area (Å²) in [7, 11) is 2.88. The predicted molar refractivity (Wildman–Crippen MR) is 155 cm³/mol. The molecule has 1 atom stereocenters. The van der Waals surface area contributed by atoms with Crippen LogP contribution in [0.25, 0.3) is 6.08 Å². The van der Waals surface area contributed by atoms with Crippen molar-refractivity contribution in [3.05, 3.63) is 75.8 Å². The molecule has 0 aliphatic carbocycles. The molecule has 0 spiro atoms. The smallest absolute Gasteiger partial charge is 0.338 e. The molecule has 1 N–H and O–H groups in total. The van der Waals surface area contributed by atoms with Gasteiger partial charge in [-0.1, -0.05) is 44.8 Å². The number of halogens is 2. The zero-order valence-corrected chi connectivity index (χ0v) is 25.1. The second-order valence-corrected chi connectivity index (χ2v) is 10.6. The molecule has 0 amide bonds. The Morgan fingerprint density at radius 1 is 1.25 bits per heavy atom. The van der Waals surface area contributed by atoms with Gasteiger partial charge in [0.2, 0.25) is 0 Å². The number of nitrogens with zero attached hydrogens (tertiary/aromatic N) is 2. The van der Waals surface area contributed by atoms with Crippen molar-refractivity contribution in [2.24, 2.45) is 4.99 Å². The molecular formula is C28H24BrClN2O7S. The van der Waals surface area contributed by atoms with Gasteiger partial charge in [-0.05, 0) is 55.3 Å². The van der Waals surface area contributed by atoms with E-state index in [2.05, 4.69) is 26.8 Å². The number of fused-ring (bicyclic) bond motifs is 1. The molecule has 40 heavy (non-hydrogen) atoms. The standard InChI is InChI=1S/C28H24BrClN2O7S/c1-6-8-39-20-13-17(29)15(10-19(20)36-4)12-22-26(34)32-24(16-9-18(30)25(33)21(11-16)37-5)23(27(35)38-7-2)14(3)31-28(32)40-22/h1,9-13,24,33H,7-8H2,2-5H3/t24-/m1/s1. The Balaban J connectivity index is 1.96. The van der Waals surface area contributed by atoms with Gasteiger partial charge in [0.25, 0.3) is 5.56 Å². The minimum absolute atomic E-state index is 0.00231. The number of thiazole rings is 1. The molecule has 1 aliphatic rings. The van der Waals surface area contributed by atoms with Crippen molar-refractivity contribution < 1.29 is 28.8 Å². The van der Waals surface area contributed by atoms with Crippen molar-refractivity contribution >= 4 is 50.9 Å². The number of aromatic nitrogens is 1. The van der Waals surface area contributed by atoms with Crippen LogP contribution in [0, 0.1) is 12.3 Å². The number of hydrogen-bond donors (Lipinski definition) is 1. The molecule has 1 aromatic heterocycles. The van der Waals surface area contributed by atoms with Gasteiger partial charge in [-0.15, -0.1) is 6.42 Å². The van der Waals surface area contributed by atoms with Crippen LogP contribution >= 0.6 is 38.9 Å². The van der Waals surface area contributed by atoms with Crippen LogP contribution in [0.5, 0.6) is 23.0 Å². The van der Waals surface area contributed by atoms with Crippen molar-refractivity contribution in [2.75, 3.05) is 27.4 Å². The maximum atomic E-state index is 13.9. The molecule has 0 radical (unpaired) electrons. The average molecular weight is 648 g/mol. The van der Waals surface area contributed by atoms with Gasteiger partial charge >= 0.3 is 5.97 Å². The lowest BCUT2D eigenvalue weighted by Gasteiger charge is -2.25. The molecule has 0 bridgehead atoms. The van der Waals surface area contributed by atoms with Gasteiger partial charge in [0, 0.05) is 4.47 Å². The summed E-state index contributed by atoms with van der Waals surface area (Å²) < 4.78 is 24.0. The maximum absolute atomic E-state index is 13.9. The van der Waals surface area contributed by atoms with E-state index in [-0.39, 0.29) is 35.3 Å². The van der Waals surface area contributed by atoms with E-state index in [1.165, 1.54) is 30.9 Å². The maximum Gasteiger partial charge on any atom is 0.338 e. The third kappa shape index (κ3) is 5.47. The molecule has 0 fully saturated rings. The number of carbonyl (C=O) groups is 1. The van der Waals surface area contributed by atoms with Crippen LogP contribution in [-0.4, -0.2) is 43.1 Å². The van der Waals surface area contributed by atoms with Crippen molar-refractivity contribution in [1.82, 2.24) is 4.57 Å². The highest BCUT2D eigenvalue weighted by atomic mass is 79.9. The fourth-order valence-corrected chi connectivity index (χ4v) is 5.90. The predicted octanol–water partition coefficient (Wildman–Crippen LogP) is 3.95. The lowest BCUT2D eigenvalue weighted by atomic mass is 9.95. The number of esters is 1. The van der Waals surface area contributed by atoms with Crippen LogP contribution in [0.2, 0.25) is 5.02 Å². The molecule has 0 saturated carbocycles. The first-order valence-corrected chi connectivity index (χ1v) is 13.8. The van der Waals surface area contributed by atoms with Gasteiger partial charge in [-0.2, -0.15) is 0 Å². The van der Waals surface area contributed by atoms with Crippen molar-refractivity contribution in [3.63, 3.8) is 0 Å². The number of aromatic hydroxyl groups is 1. The van der Waals surface area contributed by atoms with Gasteiger partial charge in [-0.3, -0.25) is 9.36 Å². The Labute approximate surface area is 247 Å². The molecule has 12 heteroatoms. The first-order valence-electron chi connectivity index (χ1n) is 11.8. The second-order valence-electron chi connectivity index (χ2n) is 8.37. The number of terminal acetylenes is 1. The van der Waals surface area contributed by atoms with E-state index in [1.807, 2.05) is 0 Å². The topological polar surface area (TPSA) is 109 Å². The first-order chi connectivity index (χ1) is 19.1. The van der Waals surface area contributed by atoms with E-state index in [1.54, 1.807) is 32.1 Å². The Morgan fingerprint density at radius 3 is 2.62 bits per heavy atom. The molecule has 1 aliphatic heterocycles. The molecule has 0 unspecified atom stereocenters. The molecule has 9 nitrogen and oxygen atoms in total. The number of phenolic OH excluding ortho intramolecular Hbond substituents is 1. The quantitative estimate of drug-likeness (QED) is 0.292. The van der Waals surface area contributed by atoms with Crippen LogP contribution in [0.15, 0.2) is 49.8 Å². The number of benzene rings is 2. The second kappa shape index (κ2) is 12.2.